The van der Waals surface area contributed by atoms with E-state index < -0.39 is 0 Å². The molecule has 1 aliphatic carbocycles. The zero-order chi connectivity index (χ0) is 8.72. The molecule has 0 amide bonds. The highest BCUT2D eigenvalue weighted by molar-refractivity contribution is 5.54. The van der Waals surface area contributed by atoms with E-state index in [1.54, 1.807) is 0 Å². The van der Waals surface area contributed by atoms with E-state index in [1.165, 1.54) is 11.3 Å². The number of fused-ring (bicyclic) bond motifs is 1. The molecule has 0 saturated heterocycles. The summed E-state index contributed by atoms with van der Waals surface area (Å²) >= 11 is 0. The minimum atomic E-state index is 0.674. The fourth-order valence-electron chi connectivity index (χ4n) is 1.65. The van der Waals surface area contributed by atoms with Gasteiger partial charge in [0.2, 0.25) is 0 Å². The number of nitrogens with zero attached hydrogens (tertiary/aromatic N) is 2. The Morgan fingerprint density at radius 2 is 2.33 bits per heavy atom. The molecule has 2 rings (SSSR count). The van der Waals surface area contributed by atoms with Crippen LogP contribution in [-0.4, -0.2) is 9.55 Å². The minimum absolute atomic E-state index is 0.674. The molecule has 1 heterocycles. The second kappa shape index (κ2) is 2.47. The van der Waals surface area contributed by atoms with Gasteiger partial charge in [-0.25, -0.2) is 4.98 Å². The van der Waals surface area contributed by atoms with Gasteiger partial charge in [-0.15, -0.1) is 0 Å². The van der Waals surface area contributed by atoms with Crippen LogP contribution in [0.2, 0.25) is 0 Å². The number of aryl methyl sites for hydroxylation is 1. The topological polar surface area (TPSA) is 17.8 Å². The third kappa shape index (κ3) is 0.986. The maximum Gasteiger partial charge on any atom is 0.0953 e. The molecule has 0 bridgehead atoms. The molecule has 12 heavy (non-hydrogen) atoms. The van der Waals surface area contributed by atoms with Crippen LogP contribution in [0.1, 0.15) is 25.2 Å². The first-order valence-electron chi connectivity index (χ1n) is 4.37. The van der Waals surface area contributed by atoms with Crippen molar-refractivity contribution in [3.8, 4) is 0 Å². The zero-order valence-electron chi connectivity index (χ0n) is 7.83. The number of aromatic nitrogens is 2. The molecule has 0 N–H and O–H groups in total. The normalized spacial score (nSPS) is 21.9. The summed E-state index contributed by atoms with van der Waals surface area (Å²) in [7, 11) is 2.06. The Bertz CT molecular complexity index is 334. The minimum Gasteiger partial charge on any atom is -0.337 e. The van der Waals surface area contributed by atoms with Gasteiger partial charge in [0.25, 0.3) is 0 Å². The fourth-order valence-corrected chi connectivity index (χ4v) is 1.65. The molecule has 0 aromatic carbocycles. The molecular formula is C10H14N2. The van der Waals surface area contributed by atoms with Crippen molar-refractivity contribution in [1.82, 2.24) is 9.55 Å². The molecule has 1 aliphatic rings. The van der Waals surface area contributed by atoms with E-state index in [2.05, 4.69) is 36.5 Å². The van der Waals surface area contributed by atoms with E-state index in [-0.39, 0.29) is 0 Å². The van der Waals surface area contributed by atoms with E-state index in [1.807, 2.05) is 6.33 Å². The van der Waals surface area contributed by atoms with Crippen LogP contribution in [0.15, 0.2) is 11.9 Å². The summed E-state index contributed by atoms with van der Waals surface area (Å²) in [6, 6.07) is 0. The average molecular weight is 162 g/mol. The number of hydrogen-bond acceptors (Lipinski definition) is 1. The summed E-state index contributed by atoms with van der Waals surface area (Å²) in [5, 5.41) is 0. The van der Waals surface area contributed by atoms with E-state index in [0.29, 0.717) is 5.92 Å². The second-order valence-corrected chi connectivity index (χ2v) is 3.68. The summed E-state index contributed by atoms with van der Waals surface area (Å²) in [5.41, 5.74) is 3.97. The van der Waals surface area contributed by atoms with Crippen LogP contribution in [0.3, 0.4) is 0 Å². The monoisotopic (exact) mass is 162 g/mol. The predicted octanol–water partition coefficient (Wildman–Crippen LogP) is 2.02. The van der Waals surface area contributed by atoms with Gasteiger partial charge in [-0.05, 0) is 25.3 Å². The largest absolute Gasteiger partial charge is 0.337 e. The van der Waals surface area contributed by atoms with E-state index in [4.69, 9.17) is 0 Å². The lowest BCUT2D eigenvalue weighted by Crippen LogP contribution is -2.10. The average Bonchev–Trinajstić information content (AvgIpc) is 2.35. The smallest absolute Gasteiger partial charge is 0.0953 e. The maximum atomic E-state index is 4.33. The Morgan fingerprint density at radius 3 is 3.08 bits per heavy atom. The highest BCUT2D eigenvalue weighted by atomic mass is 15.0. The Labute approximate surface area is 72.9 Å². The van der Waals surface area contributed by atoms with Crippen LogP contribution in [-0.2, 0) is 13.5 Å². The van der Waals surface area contributed by atoms with Gasteiger partial charge in [-0.3, -0.25) is 0 Å². The van der Waals surface area contributed by atoms with Gasteiger partial charge in [-0.1, -0.05) is 12.5 Å². The summed E-state index contributed by atoms with van der Waals surface area (Å²) in [6.07, 6.45) is 5.23. The molecule has 2 nitrogen and oxygen atoms in total. The first kappa shape index (κ1) is 7.59. The molecule has 0 fully saturated rings. The number of hydrogen-bond donors (Lipinski definition) is 0. The molecule has 2 heteroatoms. The van der Waals surface area contributed by atoms with Crippen LogP contribution < -0.4 is 0 Å². The Morgan fingerprint density at radius 1 is 1.58 bits per heavy atom. The van der Waals surface area contributed by atoms with E-state index >= 15 is 0 Å². The molecule has 1 aromatic heterocycles. The highest BCUT2D eigenvalue weighted by Gasteiger charge is 2.17. The zero-order valence-corrected chi connectivity index (χ0v) is 7.83. The van der Waals surface area contributed by atoms with Crippen LogP contribution >= 0.6 is 0 Å². The first-order chi connectivity index (χ1) is 5.68. The summed E-state index contributed by atoms with van der Waals surface area (Å²) in [4.78, 5) is 4.33. The number of allylic oxidation sites excluding steroid dienone is 1. The molecule has 0 radical (unpaired) electrons. The standard InChI is InChI=1S/C10H14N2/c1-7-4-9-10(5-8(7)2)12(3)6-11-9/h4,6,8H,5H2,1-3H3. The molecule has 64 valence electrons. The summed E-state index contributed by atoms with van der Waals surface area (Å²) < 4.78 is 2.12. The van der Waals surface area contributed by atoms with Gasteiger partial charge in [0, 0.05) is 12.7 Å². The first-order valence-corrected chi connectivity index (χ1v) is 4.37. The van der Waals surface area contributed by atoms with E-state index in [0.717, 1.165) is 12.1 Å². The number of imidazole rings is 1. The molecule has 0 aliphatic heterocycles. The fraction of sp³-hybridized carbons (Fsp3) is 0.500. The van der Waals surface area contributed by atoms with Crippen LogP contribution in [0, 0.1) is 5.92 Å². The lowest BCUT2D eigenvalue weighted by Gasteiger charge is -2.17. The van der Waals surface area contributed by atoms with Crippen molar-refractivity contribution in [2.24, 2.45) is 13.0 Å². The molecule has 0 spiro atoms. The molecule has 1 unspecified atom stereocenters. The predicted molar refractivity (Wildman–Crippen MR) is 49.7 cm³/mol. The van der Waals surface area contributed by atoms with Crippen molar-refractivity contribution in [2.45, 2.75) is 20.3 Å². The molecular weight excluding hydrogens is 148 g/mol. The maximum absolute atomic E-state index is 4.33. The molecule has 0 saturated carbocycles. The third-order valence-corrected chi connectivity index (χ3v) is 2.73. The quantitative estimate of drug-likeness (QED) is 0.570. The van der Waals surface area contributed by atoms with Crippen molar-refractivity contribution in [1.29, 1.82) is 0 Å². The second-order valence-electron chi connectivity index (χ2n) is 3.68. The SMILES string of the molecule is CC1=Cc2ncn(C)c2CC1C. The molecule has 1 atom stereocenters. The van der Waals surface area contributed by atoms with Gasteiger partial charge >= 0.3 is 0 Å². The van der Waals surface area contributed by atoms with Gasteiger partial charge in [0.15, 0.2) is 0 Å². The summed E-state index contributed by atoms with van der Waals surface area (Å²) in [5.74, 6) is 0.674. The van der Waals surface area contributed by atoms with Crippen molar-refractivity contribution >= 4 is 6.08 Å². The van der Waals surface area contributed by atoms with Gasteiger partial charge in [-0.2, -0.15) is 0 Å². The van der Waals surface area contributed by atoms with E-state index in [9.17, 15) is 0 Å². The Balaban J connectivity index is 2.51. The van der Waals surface area contributed by atoms with Gasteiger partial charge < -0.3 is 4.57 Å². The van der Waals surface area contributed by atoms with Gasteiger partial charge in [0.1, 0.15) is 0 Å². The third-order valence-electron chi connectivity index (χ3n) is 2.73. The number of rotatable bonds is 0. The van der Waals surface area contributed by atoms with Crippen LogP contribution in [0.4, 0.5) is 0 Å². The Hall–Kier alpha value is -1.05. The van der Waals surface area contributed by atoms with Crippen molar-refractivity contribution < 1.29 is 0 Å². The Kier molecular flexibility index (Phi) is 1.56. The van der Waals surface area contributed by atoms with Crippen molar-refractivity contribution in [2.75, 3.05) is 0 Å². The van der Waals surface area contributed by atoms with Gasteiger partial charge in [0.05, 0.1) is 12.0 Å². The van der Waals surface area contributed by atoms with Crippen LogP contribution in [0.5, 0.6) is 0 Å². The molecule has 1 aromatic rings. The lowest BCUT2D eigenvalue weighted by molar-refractivity contribution is 0.635. The lowest BCUT2D eigenvalue weighted by atomic mass is 9.91. The van der Waals surface area contributed by atoms with Crippen LogP contribution in [0.25, 0.3) is 6.08 Å². The van der Waals surface area contributed by atoms with Crippen molar-refractivity contribution in [3.63, 3.8) is 0 Å². The van der Waals surface area contributed by atoms with Crippen molar-refractivity contribution in [3.05, 3.63) is 23.3 Å². The summed E-state index contributed by atoms with van der Waals surface area (Å²) in [6.45, 7) is 4.45. The highest BCUT2D eigenvalue weighted by Crippen LogP contribution is 2.26.